The van der Waals surface area contributed by atoms with Crippen LogP contribution in [0, 0.1) is 0 Å². The average molecular weight is 954 g/mol. The summed E-state index contributed by atoms with van der Waals surface area (Å²) in [4.78, 5) is 2.38. The van der Waals surface area contributed by atoms with E-state index in [4.69, 9.17) is 0 Å². The third-order valence-electron chi connectivity index (χ3n) is 14.7. The number of hydrogen-bond donors (Lipinski definition) is 0. The summed E-state index contributed by atoms with van der Waals surface area (Å²) in [7, 11) is 0. The Bertz CT molecular complexity index is 4080. The first kappa shape index (κ1) is 45.1. The van der Waals surface area contributed by atoms with Gasteiger partial charge in [0, 0.05) is 17.1 Å². The molecule has 0 unspecified atom stereocenters. The van der Waals surface area contributed by atoms with Crippen LogP contribution in [-0.4, -0.2) is 0 Å². The fourth-order valence-corrected chi connectivity index (χ4v) is 11.2. The molecule has 0 bridgehead atoms. The van der Waals surface area contributed by atoms with E-state index in [1.807, 2.05) is 0 Å². The first-order chi connectivity index (χ1) is 37.2. The Morgan fingerprint density at radius 1 is 0.160 bits per heavy atom. The molecule has 0 radical (unpaired) electrons. The van der Waals surface area contributed by atoms with Gasteiger partial charge in [0.1, 0.15) is 0 Å². The summed E-state index contributed by atoms with van der Waals surface area (Å²) < 4.78 is 0. The standard InChI is InChI=1S/C74H51N/c1-6-20-52(21-7-1)53-36-38-54(39-37-53)55-40-46-62(47-41-55)75(63-48-42-57(43-49-63)66-33-18-32-65(56-22-8-2-9-23-56)71(66)59-24-10-3-11-25-59)64-50-44-58(45-51-64)67-34-19-35-70-73(61-28-14-5-15-29-61)72(60-26-12-4-13-27-60)68-30-16-17-31-69(68)74(67)70/h1-51H. The Labute approximate surface area is 439 Å². The lowest BCUT2D eigenvalue weighted by molar-refractivity contribution is 1.28. The van der Waals surface area contributed by atoms with E-state index in [1.54, 1.807) is 0 Å². The van der Waals surface area contributed by atoms with E-state index in [-0.39, 0.29) is 0 Å². The minimum absolute atomic E-state index is 1.07. The molecule has 0 amide bonds. The zero-order valence-corrected chi connectivity index (χ0v) is 41.4. The van der Waals surface area contributed by atoms with Crippen molar-refractivity contribution in [2.75, 3.05) is 4.90 Å². The van der Waals surface area contributed by atoms with E-state index < -0.39 is 0 Å². The van der Waals surface area contributed by atoms with Crippen molar-refractivity contribution in [1.82, 2.24) is 0 Å². The van der Waals surface area contributed by atoms with Crippen molar-refractivity contribution in [3.8, 4) is 89.0 Å². The molecule has 13 aromatic carbocycles. The number of fused-ring (bicyclic) bond motifs is 3. The molecule has 0 aliphatic heterocycles. The molecule has 0 saturated heterocycles. The third kappa shape index (κ3) is 8.67. The van der Waals surface area contributed by atoms with E-state index in [0.717, 1.165) is 28.2 Å². The molecular formula is C74H51N. The zero-order valence-electron chi connectivity index (χ0n) is 41.4. The van der Waals surface area contributed by atoms with Crippen LogP contribution in [0.3, 0.4) is 0 Å². The number of benzene rings is 13. The maximum Gasteiger partial charge on any atom is 0.0462 e. The Morgan fingerprint density at radius 2 is 0.440 bits per heavy atom. The van der Waals surface area contributed by atoms with Gasteiger partial charge in [-0.1, -0.05) is 273 Å². The van der Waals surface area contributed by atoms with Gasteiger partial charge in [-0.2, -0.15) is 0 Å². The lowest BCUT2D eigenvalue weighted by atomic mass is 9.83. The van der Waals surface area contributed by atoms with Crippen LogP contribution in [0.2, 0.25) is 0 Å². The van der Waals surface area contributed by atoms with Gasteiger partial charge in [-0.25, -0.2) is 0 Å². The van der Waals surface area contributed by atoms with Crippen LogP contribution in [0.15, 0.2) is 309 Å². The third-order valence-corrected chi connectivity index (χ3v) is 14.7. The number of nitrogens with zero attached hydrogens (tertiary/aromatic N) is 1. The van der Waals surface area contributed by atoms with Crippen LogP contribution in [0.5, 0.6) is 0 Å². The van der Waals surface area contributed by atoms with E-state index >= 15 is 0 Å². The smallest absolute Gasteiger partial charge is 0.0462 e. The van der Waals surface area contributed by atoms with Crippen LogP contribution in [-0.2, 0) is 0 Å². The topological polar surface area (TPSA) is 3.24 Å². The Balaban J connectivity index is 0.928. The molecule has 0 saturated carbocycles. The molecular weight excluding hydrogens is 903 g/mol. The van der Waals surface area contributed by atoms with Gasteiger partial charge in [0.05, 0.1) is 0 Å². The Morgan fingerprint density at radius 3 is 0.907 bits per heavy atom. The van der Waals surface area contributed by atoms with Gasteiger partial charge in [0.25, 0.3) is 0 Å². The van der Waals surface area contributed by atoms with E-state index in [2.05, 4.69) is 314 Å². The summed E-state index contributed by atoms with van der Waals surface area (Å²) in [6, 6.07) is 112. The normalized spacial score (nSPS) is 11.2. The quantitative estimate of drug-likeness (QED) is 0.117. The van der Waals surface area contributed by atoms with Gasteiger partial charge in [-0.05, 0) is 147 Å². The van der Waals surface area contributed by atoms with Gasteiger partial charge < -0.3 is 4.90 Å². The molecule has 13 aromatic rings. The van der Waals surface area contributed by atoms with Crippen molar-refractivity contribution in [2.24, 2.45) is 0 Å². The zero-order chi connectivity index (χ0) is 49.9. The van der Waals surface area contributed by atoms with Gasteiger partial charge in [-0.15, -0.1) is 0 Å². The molecule has 0 atom stereocenters. The maximum absolute atomic E-state index is 2.38. The van der Waals surface area contributed by atoms with Gasteiger partial charge in [0.2, 0.25) is 0 Å². The molecule has 0 aliphatic carbocycles. The van der Waals surface area contributed by atoms with Crippen LogP contribution < -0.4 is 4.90 Å². The number of rotatable bonds is 11. The molecule has 0 N–H and O–H groups in total. The van der Waals surface area contributed by atoms with E-state index in [9.17, 15) is 0 Å². The maximum atomic E-state index is 2.38. The summed E-state index contributed by atoms with van der Waals surface area (Å²) in [5.74, 6) is 0. The van der Waals surface area contributed by atoms with Crippen LogP contribution in [0.4, 0.5) is 17.1 Å². The fourth-order valence-electron chi connectivity index (χ4n) is 11.2. The monoisotopic (exact) mass is 953 g/mol. The number of anilines is 3. The lowest BCUT2D eigenvalue weighted by Gasteiger charge is -2.26. The minimum Gasteiger partial charge on any atom is -0.311 e. The Hall–Kier alpha value is -9.82. The number of hydrogen-bond acceptors (Lipinski definition) is 1. The van der Waals surface area contributed by atoms with Crippen molar-refractivity contribution in [3.05, 3.63) is 309 Å². The van der Waals surface area contributed by atoms with Gasteiger partial charge >= 0.3 is 0 Å². The second-order valence-electron chi connectivity index (χ2n) is 19.1. The van der Waals surface area contributed by atoms with Crippen molar-refractivity contribution >= 4 is 38.6 Å². The molecule has 0 aliphatic rings. The summed E-state index contributed by atoms with van der Waals surface area (Å²) in [5.41, 5.74) is 22.5. The summed E-state index contributed by atoms with van der Waals surface area (Å²) in [6.07, 6.45) is 0. The second kappa shape index (κ2) is 20.0. The molecule has 1 heteroatoms. The molecule has 0 aromatic heterocycles. The molecule has 0 heterocycles. The SMILES string of the molecule is c1ccc(-c2ccc(-c3ccc(N(c4ccc(-c5cccc(-c6ccccc6)c5-c5ccccc5)cc4)c4ccc(-c5cccc6c(-c7ccccc7)c(-c7ccccc7)c7ccccc7c56)cc4)cc3)cc2)cc1. The molecule has 0 spiro atoms. The van der Waals surface area contributed by atoms with Crippen molar-refractivity contribution in [1.29, 1.82) is 0 Å². The second-order valence-corrected chi connectivity index (χ2v) is 19.1. The van der Waals surface area contributed by atoms with Crippen molar-refractivity contribution < 1.29 is 0 Å². The highest BCUT2D eigenvalue weighted by Gasteiger charge is 2.21. The van der Waals surface area contributed by atoms with Crippen LogP contribution in [0.1, 0.15) is 0 Å². The minimum atomic E-state index is 1.07. The molecule has 352 valence electrons. The average Bonchev–Trinajstić information content (AvgIpc) is 3.51. The highest BCUT2D eigenvalue weighted by molar-refractivity contribution is 6.25. The molecule has 13 rings (SSSR count). The van der Waals surface area contributed by atoms with Crippen LogP contribution in [0.25, 0.3) is 111 Å². The van der Waals surface area contributed by atoms with Crippen molar-refractivity contribution in [2.45, 2.75) is 0 Å². The highest BCUT2D eigenvalue weighted by atomic mass is 15.1. The lowest BCUT2D eigenvalue weighted by Crippen LogP contribution is -2.09. The summed E-state index contributed by atoms with van der Waals surface area (Å²) in [6.45, 7) is 0. The van der Waals surface area contributed by atoms with Gasteiger partial charge in [0.15, 0.2) is 0 Å². The van der Waals surface area contributed by atoms with Gasteiger partial charge in [-0.3, -0.25) is 0 Å². The summed E-state index contributed by atoms with van der Waals surface area (Å²) in [5, 5.41) is 4.98. The highest BCUT2D eigenvalue weighted by Crippen LogP contribution is 2.48. The molecule has 75 heavy (non-hydrogen) atoms. The van der Waals surface area contributed by atoms with E-state index in [0.29, 0.717) is 0 Å². The molecule has 0 fully saturated rings. The predicted molar refractivity (Wildman–Crippen MR) is 320 cm³/mol. The Kier molecular flexibility index (Phi) is 12.0. The first-order valence-corrected chi connectivity index (χ1v) is 25.8. The molecule has 1 nitrogen and oxygen atoms in total. The fraction of sp³-hybridized carbons (Fsp3) is 0. The van der Waals surface area contributed by atoms with E-state index in [1.165, 1.54) is 99.4 Å². The van der Waals surface area contributed by atoms with Crippen molar-refractivity contribution in [3.63, 3.8) is 0 Å². The van der Waals surface area contributed by atoms with Crippen LogP contribution >= 0.6 is 0 Å². The largest absolute Gasteiger partial charge is 0.311 e. The predicted octanol–water partition coefficient (Wildman–Crippen LogP) is 20.8. The first-order valence-electron chi connectivity index (χ1n) is 25.8. The summed E-state index contributed by atoms with van der Waals surface area (Å²) >= 11 is 0.